The van der Waals surface area contributed by atoms with E-state index in [0.717, 1.165) is 16.7 Å². The number of halogens is 2. The van der Waals surface area contributed by atoms with E-state index >= 15 is 0 Å². The molecule has 6 nitrogen and oxygen atoms in total. The van der Waals surface area contributed by atoms with E-state index in [1.807, 2.05) is 32.9 Å². The first kappa shape index (κ1) is 23.9. The van der Waals surface area contributed by atoms with Gasteiger partial charge in [0.1, 0.15) is 5.75 Å². The SMILES string of the molecule is Cc1cc(C)c(NS(=O)(=O)c2ccc(NC(=O)COc3ccc(Cl)cc3Cl)cc2)c(C)c1. The van der Waals surface area contributed by atoms with Gasteiger partial charge in [0.25, 0.3) is 15.9 Å². The van der Waals surface area contributed by atoms with Gasteiger partial charge in [-0.05, 0) is 74.4 Å². The predicted octanol–water partition coefficient (Wildman–Crippen LogP) is 5.74. The third-order valence-corrected chi connectivity index (χ3v) is 6.51. The summed E-state index contributed by atoms with van der Waals surface area (Å²) in [7, 11) is -3.78. The molecular weight excluding hydrogens is 471 g/mol. The monoisotopic (exact) mass is 492 g/mol. The molecule has 1 amide bonds. The second-order valence-corrected chi connectivity index (χ2v) is 9.84. The highest BCUT2D eigenvalue weighted by atomic mass is 35.5. The topological polar surface area (TPSA) is 84.5 Å². The van der Waals surface area contributed by atoms with Crippen molar-refractivity contribution in [2.75, 3.05) is 16.6 Å². The normalized spacial score (nSPS) is 11.2. The lowest BCUT2D eigenvalue weighted by atomic mass is 10.1. The molecule has 0 aliphatic heterocycles. The zero-order chi connectivity index (χ0) is 23.5. The Bertz CT molecular complexity index is 1240. The standard InChI is InChI=1S/C23H22Cl2N2O4S/c1-14-10-15(2)23(16(3)11-14)27-32(29,30)19-7-5-18(6-8-19)26-22(28)13-31-21-9-4-17(24)12-20(21)25/h4-12,27H,13H2,1-3H3,(H,26,28). The quantitative estimate of drug-likeness (QED) is 0.440. The number of amides is 1. The fourth-order valence-corrected chi connectivity index (χ4v) is 4.85. The molecule has 0 aromatic heterocycles. The maximum atomic E-state index is 12.8. The lowest BCUT2D eigenvalue weighted by Crippen LogP contribution is -2.20. The van der Waals surface area contributed by atoms with Crippen LogP contribution < -0.4 is 14.8 Å². The van der Waals surface area contributed by atoms with Crippen LogP contribution in [0.1, 0.15) is 16.7 Å². The van der Waals surface area contributed by atoms with Crippen molar-refractivity contribution in [2.45, 2.75) is 25.7 Å². The average Bonchev–Trinajstić information content (AvgIpc) is 2.70. The number of carbonyl (C=O) groups excluding carboxylic acids is 1. The lowest BCUT2D eigenvalue weighted by Gasteiger charge is -2.14. The summed E-state index contributed by atoms with van der Waals surface area (Å²) < 4.78 is 33.6. The Hall–Kier alpha value is -2.74. The van der Waals surface area contributed by atoms with E-state index in [2.05, 4.69) is 10.0 Å². The van der Waals surface area contributed by atoms with Crippen LogP contribution in [0.25, 0.3) is 0 Å². The number of ether oxygens (including phenoxy) is 1. The minimum atomic E-state index is -3.78. The molecule has 0 heterocycles. The van der Waals surface area contributed by atoms with Gasteiger partial charge in [0.05, 0.1) is 15.6 Å². The van der Waals surface area contributed by atoms with Crippen LogP contribution in [-0.4, -0.2) is 20.9 Å². The van der Waals surface area contributed by atoms with E-state index < -0.39 is 15.9 Å². The molecule has 168 valence electrons. The summed E-state index contributed by atoms with van der Waals surface area (Å²) in [5.41, 5.74) is 3.74. The molecule has 0 saturated heterocycles. The van der Waals surface area contributed by atoms with Gasteiger partial charge in [0.2, 0.25) is 0 Å². The third kappa shape index (κ3) is 5.94. The van der Waals surface area contributed by atoms with Gasteiger partial charge in [-0.3, -0.25) is 9.52 Å². The molecule has 0 aliphatic carbocycles. The average molecular weight is 493 g/mol. The summed E-state index contributed by atoms with van der Waals surface area (Å²) >= 11 is 11.8. The zero-order valence-electron chi connectivity index (χ0n) is 17.7. The first-order chi connectivity index (χ1) is 15.0. The maximum Gasteiger partial charge on any atom is 0.262 e. The number of benzene rings is 3. The molecule has 2 N–H and O–H groups in total. The van der Waals surface area contributed by atoms with E-state index in [9.17, 15) is 13.2 Å². The first-order valence-corrected chi connectivity index (χ1v) is 11.9. The fraction of sp³-hybridized carbons (Fsp3) is 0.174. The van der Waals surface area contributed by atoms with Gasteiger partial charge in [0, 0.05) is 10.7 Å². The van der Waals surface area contributed by atoms with Crippen molar-refractivity contribution in [3.63, 3.8) is 0 Å². The van der Waals surface area contributed by atoms with E-state index in [4.69, 9.17) is 27.9 Å². The van der Waals surface area contributed by atoms with Crippen LogP contribution >= 0.6 is 23.2 Å². The Morgan fingerprint density at radius 2 is 1.56 bits per heavy atom. The molecule has 0 fully saturated rings. The first-order valence-electron chi connectivity index (χ1n) is 9.63. The van der Waals surface area contributed by atoms with Gasteiger partial charge in [-0.25, -0.2) is 8.42 Å². The van der Waals surface area contributed by atoms with Crippen LogP contribution in [-0.2, 0) is 14.8 Å². The third-order valence-electron chi connectivity index (χ3n) is 4.61. The molecule has 3 rings (SSSR count). The van der Waals surface area contributed by atoms with Crippen LogP contribution in [0.3, 0.4) is 0 Å². The number of nitrogens with one attached hydrogen (secondary N) is 2. The minimum Gasteiger partial charge on any atom is -0.482 e. The number of carbonyl (C=O) groups is 1. The molecule has 0 spiro atoms. The van der Waals surface area contributed by atoms with Gasteiger partial charge < -0.3 is 10.1 Å². The Morgan fingerprint density at radius 1 is 0.938 bits per heavy atom. The number of rotatable bonds is 7. The van der Waals surface area contributed by atoms with Gasteiger partial charge in [-0.15, -0.1) is 0 Å². The Labute approximate surface area is 197 Å². The Kier molecular flexibility index (Phi) is 7.33. The van der Waals surface area contributed by atoms with Crippen molar-refractivity contribution >= 4 is 50.5 Å². The molecule has 0 saturated carbocycles. The molecule has 3 aromatic carbocycles. The van der Waals surface area contributed by atoms with Gasteiger partial charge in [-0.1, -0.05) is 40.9 Å². The summed E-state index contributed by atoms with van der Waals surface area (Å²) in [6.45, 7) is 5.40. The number of hydrogen-bond acceptors (Lipinski definition) is 4. The van der Waals surface area contributed by atoms with E-state index in [-0.39, 0.29) is 11.5 Å². The van der Waals surface area contributed by atoms with Crippen LogP contribution in [0.5, 0.6) is 5.75 Å². The zero-order valence-corrected chi connectivity index (χ0v) is 20.0. The Balaban J connectivity index is 1.64. The highest BCUT2D eigenvalue weighted by molar-refractivity contribution is 7.92. The van der Waals surface area contributed by atoms with Crippen molar-refractivity contribution in [3.05, 3.63) is 81.3 Å². The second-order valence-electron chi connectivity index (χ2n) is 7.32. The van der Waals surface area contributed by atoms with E-state index in [0.29, 0.717) is 27.2 Å². The predicted molar refractivity (Wildman–Crippen MR) is 128 cm³/mol. The number of hydrogen-bond donors (Lipinski definition) is 2. The molecular formula is C23H22Cl2N2O4S. The number of aryl methyl sites for hydroxylation is 3. The number of sulfonamides is 1. The van der Waals surface area contributed by atoms with Gasteiger partial charge in [0.15, 0.2) is 6.61 Å². The summed E-state index contributed by atoms with van der Waals surface area (Å²) in [5.74, 6) is -0.0870. The summed E-state index contributed by atoms with van der Waals surface area (Å²) in [4.78, 5) is 12.2. The van der Waals surface area contributed by atoms with E-state index in [1.165, 1.54) is 30.3 Å². The molecule has 0 bridgehead atoms. The molecule has 9 heteroatoms. The van der Waals surface area contributed by atoms with Gasteiger partial charge in [-0.2, -0.15) is 0 Å². The molecule has 0 radical (unpaired) electrons. The Morgan fingerprint density at radius 3 is 2.16 bits per heavy atom. The van der Waals surface area contributed by atoms with Crippen molar-refractivity contribution in [3.8, 4) is 5.75 Å². The molecule has 32 heavy (non-hydrogen) atoms. The molecule has 0 unspecified atom stereocenters. The highest BCUT2D eigenvalue weighted by Gasteiger charge is 2.17. The summed E-state index contributed by atoms with van der Waals surface area (Å²) in [6, 6.07) is 14.4. The van der Waals surface area contributed by atoms with Crippen molar-refractivity contribution in [1.29, 1.82) is 0 Å². The smallest absolute Gasteiger partial charge is 0.262 e. The molecule has 3 aromatic rings. The fourth-order valence-electron chi connectivity index (χ4n) is 3.18. The van der Waals surface area contributed by atoms with Gasteiger partial charge >= 0.3 is 0 Å². The van der Waals surface area contributed by atoms with Crippen molar-refractivity contribution in [2.24, 2.45) is 0 Å². The largest absolute Gasteiger partial charge is 0.482 e. The van der Waals surface area contributed by atoms with Crippen LogP contribution in [0.4, 0.5) is 11.4 Å². The van der Waals surface area contributed by atoms with Crippen LogP contribution in [0, 0.1) is 20.8 Å². The highest BCUT2D eigenvalue weighted by Crippen LogP contribution is 2.28. The van der Waals surface area contributed by atoms with Crippen LogP contribution in [0.15, 0.2) is 59.5 Å². The molecule has 0 atom stereocenters. The minimum absolute atomic E-state index is 0.0825. The second kappa shape index (κ2) is 9.81. The van der Waals surface area contributed by atoms with Crippen molar-refractivity contribution in [1.82, 2.24) is 0 Å². The number of anilines is 2. The van der Waals surface area contributed by atoms with E-state index in [1.54, 1.807) is 12.1 Å². The summed E-state index contributed by atoms with van der Waals surface area (Å²) in [6.07, 6.45) is 0. The maximum absolute atomic E-state index is 12.8. The van der Waals surface area contributed by atoms with Crippen LogP contribution in [0.2, 0.25) is 10.0 Å². The van der Waals surface area contributed by atoms with Crippen molar-refractivity contribution < 1.29 is 17.9 Å². The molecule has 0 aliphatic rings. The summed E-state index contributed by atoms with van der Waals surface area (Å²) in [5, 5.41) is 3.41. The lowest BCUT2D eigenvalue weighted by molar-refractivity contribution is -0.118.